The van der Waals surface area contributed by atoms with Gasteiger partial charge in [-0.15, -0.1) is 0 Å². The second-order valence-corrected chi connectivity index (χ2v) is 2.96. The van der Waals surface area contributed by atoms with Gasteiger partial charge in [-0.25, -0.2) is 0 Å². The number of phenols is 1. The third-order valence-electron chi connectivity index (χ3n) is 1.36. The molecule has 0 bridgehead atoms. The Morgan fingerprint density at radius 3 is 2.20 bits per heavy atom. The quantitative estimate of drug-likeness (QED) is 0.652. The second kappa shape index (κ2) is 2.03. The smallest absolute Gasteiger partial charge is 0.300 e. The molecule has 0 saturated carbocycles. The van der Waals surface area contributed by atoms with Gasteiger partial charge in [-0.3, -0.25) is 0 Å². The van der Waals surface area contributed by atoms with Gasteiger partial charge in [0.05, 0.1) is 0 Å². The largest absolute Gasteiger partial charge is 0.508 e. The van der Waals surface area contributed by atoms with Crippen molar-refractivity contribution >= 4 is 5.03 Å². The predicted octanol–water partition coefficient (Wildman–Crippen LogP) is 1.79. The molecule has 2 heteroatoms. The van der Waals surface area contributed by atoms with Gasteiger partial charge >= 0.3 is 0 Å². The molecule has 0 spiro atoms. The lowest BCUT2D eigenvalue weighted by molar-refractivity contribution is -0.411. The Kier molecular flexibility index (Phi) is 1.18. The number of rotatable bonds is 1. The van der Waals surface area contributed by atoms with E-state index in [-0.39, 0.29) is 0 Å². The Morgan fingerprint density at radius 2 is 1.70 bits per heavy atom. The van der Waals surface area contributed by atoms with Crippen molar-refractivity contribution in [2.24, 2.45) is 0 Å². The summed E-state index contributed by atoms with van der Waals surface area (Å²) >= 11 is 0. The topological polar surface area (TPSA) is 20.2 Å². The van der Waals surface area contributed by atoms with Crippen LogP contribution in [0, 0.1) is 10.8 Å². The van der Waals surface area contributed by atoms with Crippen LogP contribution in [0.5, 0.6) is 5.75 Å². The number of halogens is 1. The van der Waals surface area contributed by atoms with E-state index in [0.717, 1.165) is 0 Å². The summed E-state index contributed by atoms with van der Waals surface area (Å²) in [6.07, 6.45) is 0. The highest BCUT2D eigenvalue weighted by Gasteiger charge is 2.31. The van der Waals surface area contributed by atoms with Gasteiger partial charge < -0.3 is 5.11 Å². The normalized spacial score (nSPS) is 14.6. The minimum absolute atomic E-state index is 0.323. The van der Waals surface area contributed by atoms with Crippen molar-refractivity contribution in [1.82, 2.24) is 0 Å². The summed E-state index contributed by atoms with van der Waals surface area (Å²) in [5.41, 5.74) is 3.21. The van der Waals surface area contributed by atoms with Crippen LogP contribution in [0.3, 0.4) is 0 Å². The monoisotopic (exact) mass is 153 g/mol. The van der Waals surface area contributed by atoms with Crippen LogP contribution in [0.2, 0.25) is 0 Å². The Labute approximate surface area is 62.7 Å². The molecule has 0 aliphatic carbocycles. The van der Waals surface area contributed by atoms with Crippen molar-refractivity contribution in [1.29, 1.82) is 0 Å². The number of hydrogen-bond donors (Lipinski definition) is 1. The fourth-order valence-electron chi connectivity index (χ4n) is 0.774. The van der Waals surface area contributed by atoms with Crippen molar-refractivity contribution in [3.05, 3.63) is 35.4 Å². The molecule has 1 heterocycles. The van der Waals surface area contributed by atoms with E-state index in [4.69, 9.17) is 5.11 Å². The third-order valence-corrected chi connectivity index (χ3v) is 2.02. The van der Waals surface area contributed by atoms with Crippen molar-refractivity contribution < 1.29 is 15.9 Å². The highest BCUT2D eigenvalue weighted by molar-refractivity contribution is 5.62. The second-order valence-electron chi connectivity index (χ2n) is 2.11. The highest BCUT2D eigenvalue weighted by atomic mass is 35.5. The molecule has 1 nitrogen and oxygen atoms in total. The highest BCUT2D eigenvalue weighted by Crippen LogP contribution is 2.28. The van der Waals surface area contributed by atoms with Crippen LogP contribution in [-0.4, -0.2) is 5.11 Å². The molecule has 0 saturated heterocycles. The maximum absolute atomic E-state index is 8.93. The average molecular weight is 154 g/mol. The summed E-state index contributed by atoms with van der Waals surface area (Å²) in [5, 5.41) is 10.2. The molecule has 1 N–H and O–H groups in total. The van der Waals surface area contributed by atoms with Gasteiger partial charge in [-0.2, -0.15) is 0 Å². The Balaban J connectivity index is 2.37. The Hall–Kier alpha value is -0.950. The zero-order valence-electron chi connectivity index (χ0n) is 5.21. The van der Waals surface area contributed by atoms with Crippen LogP contribution in [0.15, 0.2) is 29.8 Å². The summed E-state index contributed by atoms with van der Waals surface area (Å²) in [6, 6.07) is 7.20. The molecule has 1 aliphatic rings. The molecule has 0 unspecified atom stereocenters. The van der Waals surface area contributed by atoms with Crippen LogP contribution < -0.4 is 0 Å². The van der Waals surface area contributed by atoms with E-state index in [1.807, 2.05) is 17.7 Å². The first-order valence-electron chi connectivity index (χ1n) is 2.99. The Morgan fingerprint density at radius 1 is 1.10 bits per heavy atom. The molecule has 0 fully saturated rings. The maximum atomic E-state index is 8.93. The van der Waals surface area contributed by atoms with E-state index in [1.165, 1.54) is 10.6 Å². The SMILES string of the molecule is Oc1ccc(C2=C[Cl+]2)cc1. The van der Waals surface area contributed by atoms with E-state index < -0.39 is 0 Å². The molecule has 0 radical (unpaired) electrons. The van der Waals surface area contributed by atoms with Crippen molar-refractivity contribution in [3.8, 4) is 5.75 Å². The first-order valence-corrected chi connectivity index (χ1v) is 3.81. The van der Waals surface area contributed by atoms with Gasteiger partial charge in [-0.05, 0) is 24.3 Å². The summed E-state index contributed by atoms with van der Waals surface area (Å²) in [6.45, 7) is 0. The molecule has 0 atom stereocenters. The number of benzene rings is 1. The summed E-state index contributed by atoms with van der Waals surface area (Å²) in [4.78, 5) is 0. The summed E-state index contributed by atoms with van der Waals surface area (Å²) < 4.78 is 0. The molecule has 0 amide bonds. The van der Waals surface area contributed by atoms with Crippen molar-refractivity contribution in [2.45, 2.75) is 0 Å². The lowest BCUT2D eigenvalue weighted by atomic mass is 10.2. The zero-order chi connectivity index (χ0) is 6.97. The van der Waals surface area contributed by atoms with Gasteiger partial charge in [0.25, 0.3) is 10.6 Å². The summed E-state index contributed by atoms with van der Waals surface area (Å²) in [5.74, 6) is 0.323. The molecule has 0 aromatic heterocycles. The molecule has 10 heavy (non-hydrogen) atoms. The molecule has 50 valence electrons. The van der Waals surface area contributed by atoms with E-state index >= 15 is 0 Å². The van der Waals surface area contributed by atoms with Crippen LogP contribution in [-0.2, 0) is 0 Å². The minimum Gasteiger partial charge on any atom is -0.508 e. The average Bonchev–Trinajstić information content (AvgIpc) is 2.71. The first-order chi connectivity index (χ1) is 4.86. The van der Waals surface area contributed by atoms with E-state index in [9.17, 15) is 0 Å². The standard InChI is InChI=1S/C8H5ClO/c10-7-3-1-6(2-4-7)8-5-9-8/h1-5H/p+1. The van der Waals surface area contributed by atoms with Crippen LogP contribution in [0.1, 0.15) is 5.56 Å². The molecule has 1 aromatic carbocycles. The van der Waals surface area contributed by atoms with Crippen molar-refractivity contribution in [2.75, 3.05) is 0 Å². The van der Waals surface area contributed by atoms with Gasteiger partial charge in [0.2, 0.25) is 10.8 Å². The zero-order valence-corrected chi connectivity index (χ0v) is 5.97. The molecule has 1 aromatic rings. The Bertz CT molecular complexity index is 274. The predicted molar refractivity (Wildman–Crippen MR) is 36.1 cm³/mol. The van der Waals surface area contributed by atoms with E-state index in [2.05, 4.69) is 10.8 Å². The van der Waals surface area contributed by atoms with E-state index in [0.29, 0.717) is 5.75 Å². The maximum Gasteiger partial charge on any atom is 0.300 e. The van der Waals surface area contributed by atoms with Gasteiger partial charge in [0.15, 0.2) is 0 Å². The third kappa shape index (κ3) is 1.00. The first kappa shape index (κ1) is 5.81. The van der Waals surface area contributed by atoms with Crippen LogP contribution >= 0.6 is 0 Å². The van der Waals surface area contributed by atoms with Crippen LogP contribution in [0.4, 0.5) is 0 Å². The fraction of sp³-hybridized carbons (Fsp3) is 0. The van der Waals surface area contributed by atoms with Crippen molar-refractivity contribution in [3.63, 3.8) is 0 Å². The number of phenolic OH excluding ortho intramolecular Hbond substituents is 1. The lowest BCUT2D eigenvalue weighted by Gasteiger charge is -1.88. The van der Waals surface area contributed by atoms with Gasteiger partial charge in [0, 0.05) is 5.56 Å². The van der Waals surface area contributed by atoms with E-state index in [1.54, 1.807) is 12.1 Å². The molecule has 2 rings (SSSR count). The van der Waals surface area contributed by atoms with Crippen LogP contribution in [0.25, 0.3) is 5.03 Å². The van der Waals surface area contributed by atoms with Gasteiger partial charge in [-0.1, -0.05) is 0 Å². The number of aromatic hydroxyl groups is 1. The summed E-state index contributed by atoms with van der Waals surface area (Å²) in [7, 11) is 2.15. The fourth-order valence-corrected chi connectivity index (χ4v) is 1.21. The minimum atomic E-state index is 0.323. The van der Waals surface area contributed by atoms with Gasteiger partial charge in [0.1, 0.15) is 5.75 Å². The molecular weight excluding hydrogens is 148 g/mol. The molecular formula is C8H6ClO+. The lowest BCUT2D eigenvalue weighted by Crippen LogP contribution is -1.70. The number of hydrogen-bond acceptors (Lipinski definition) is 1. The molecule has 1 aliphatic heterocycles.